The molecule has 1 N–H and O–H groups in total. The van der Waals surface area contributed by atoms with Crippen molar-refractivity contribution in [3.8, 4) is 17.0 Å². The molecule has 2 aromatic heterocycles. The number of carbonyl (C=O) groups excluding carboxylic acids is 1. The number of hydrogen-bond acceptors (Lipinski definition) is 7. The van der Waals surface area contributed by atoms with E-state index >= 15 is 0 Å². The molecule has 174 valence electrons. The summed E-state index contributed by atoms with van der Waals surface area (Å²) in [4.78, 5) is 23.5. The molecule has 8 heteroatoms. The molecule has 1 spiro atoms. The second kappa shape index (κ2) is 8.59. The van der Waals surface area contributed by atoms with Gasteiger partial charge in [0.2, 0.25) is 5.91 Å². The minimum absolute atomic E-state index is 0.0256. The van der Waals surface area contributed by atoms with E-state index in [1.165, 1.54) is 18.8 Å². The Labute approximate surface area is 199 Å². The van der Waals surface area contributed by atoms with Crippen molar-refractivity contribution in [3.63, 3.8) is 0 Å². The molecule has 2 aliphatic rings. The highest BCUT2D eigenvalue weighted by molar-refractivity contribution is 7.23. The van der Waals surface area contributed by atoms with Crippen molar-refractivity contribution in [2.24, 2.45) is 5.41 Å². The van der Waals surface area contributed by atoms with Crippen LogP contribution in [0, 0.1) is 5.41 Å². The maximum absolute atomic E-state index is 12.0. The number of nitrogens with one attached hydrogen (secondary N) is 1. The molecule has 4 heterocycles. The Morgan fingerprint density at radius 3 is 2.58 bits per heavy atom. The van der Waals surface area contributed by atoms with Gasteiger partial charge in [-0.05, 0) is 50.5 Å². The second-order valence-electron chi connectivity index (χ2n) is 9.41. The van der Waals surface area contributed by atoms with Gasteiger partial charge in [-0.25, -0.2) is 4.98 Å². The van der Waals surface area contributed by atoms with Gasteiger partial charge in [-0.2, -0.15) is 0 Å². The first kappa shape index (κ1) is 22.1. The van der Waals surface area contributed by atoms with E-state index in [9.17, 15) is 4.79 Å². The standard InChI is InChI=1S/C25H31N5O2S/c1-17(31)29(4)23-12-21-24(33-23)22(30-15-25(16-30)13-28(3)14-25)11-20(27-21)18-5-7-19(8-6-18)32-10-9-26-2/h5-8,11-12,26H,9-10,13-16H2,1-4H3. The van der Waals surface area contributed by atoms with Crippen LogP contribution >= 0.6 is 11.3 Å². The predicted molar refractivity (Wildman–Crippen MR) is 136 cm³/mol. The number of carbonyl (C=O) groups is 1. The molecular weight excluding hydrogens is 434 g/mol. The van der Waals surface area contributed by atoms with Crippen LogP contribution in [0.25, 0.3) is 21.5 Å². The number of hydrogen-bond donors (Lipinski definition) is 1. The molecule has 2 aliphatic heterocycles. The Bertz CT molecular complexity index is 1160. The van der Waals surface area contributed by atoms with Gasteiger partial charge in [0, 0.05) is 57.7 Å². The summed E-state index contributed by atoms with van der Waals surface area (Å²) < 4.78 is 6.92. The molecule has 0 atom stereocenters. The lowest BCUT2D eigenvalue weighted by atomic mass is 9.73. The van der Waals surface area contributed by atoms with Gasteiger partial charge in [0.15, 0.2) is 0 Å². The average molecular weight is 466 g/mol. The Morgan fingerprint density at radius 1 is 1.21 bits per heavy atom. The maximum atomic E-state index is 12.0. The van der Waals surface area contributed by atoms with Crippen LogP contribution in [0.4, 0.5) is 10.7 Å². The number of fused-ring (bicyclic) bond motifs is 1. The molecule has 33 heavy (non-hydrogen) atoms. The SMILES string of the molecule is CNCCOc1ccc(-c2cc(N3CC4(CN(C)C4)C3)c3sc(N(C)C(C)=O)cc3n2)cc1. The van der Waals surface area contributed by atoms with Crippen molar-refractivity contribution in [3.05, 3.63) is 36.4 Å². The molecule has 5 rings (SSSR count). The summed E-state index contributed by atoms with van der Waals surface area (Å²) in [6.45, 7) is 7.53. The van der Waals surface area contributed by atoms with Crippen molar-refractivity contribution in [1.82, 2.24) is 15.2 Å². The van der Waals surface area contributed by atoms with Crippen LogP contribution in [0.3, 0.4) is 0 Å². The van der Waals surface area contributed by atoms with Gasteiger partial charge in [0.25, 0.3) is 0 Å². The number of benzene rings is 1. The fraction of sp³-hybridized carbons (Fsp3) is 0.440. The summed E-state index contributed by atoms with van der Waals surface area (Å²) in [7, 11) is 5.92. The molecule has 0 radical (unpaired) electrons. The molecule has 2 saturated heterocycles. The predicted octanol–water partition coefficient (Wildman–Crippen LogP) is 3.30. The third-order valence-corrected chi connectivity index (χ3v) is 7.85. The Balaban J connectivity index is 1.48. The van der Waals surface area contributed by atoms with Crippen LogP contribution in [0.5, 0.6) is 5.75 Å². The highest BCUT2D eigenvalue weighted by Gasteiger charge is 2.50. The zero-order chi connectivity index (χ0) is 23.2. The lowest BCUT2D eigenvalue weighted by Crippen LogP contribution is -2.71. The monoisotopic (exact) mass is 465 g/mol. The molecular formula is C25H31N5O2S. The quantitative estimate of drug-likeness (QED) is 0.541. The molecule has 0 bridgehead atoms. The number of rotatable bonds is 7. The minimum Gasteiger partial charge on any atom is -0.492 e. The molecule has 0 saturated carbocycles. The summed E-state index contributed by atoms with van der Waals surface area (Å²) in [6.07, 6.45) is 0. The van der Waals surface area contributed by atoms with Gasteiger partial charge < -0.3 is 24.8 Å². The minimum atomic E-state index is 0.0256. The lowest BCUT2D eigenvalue weighted by Gasteiger charge is -2.60. The third kappa shape index (κ3) is 4.18. The Kier molecular flexibility index (Phi) is 5.76. The number of pyridine rings is 1. The number of likely N-dealkylation sites (tertiary alicyclic amines) is 1. The van der Waals surface area contributed by atoms with Gasteiger partial charge in [-0.1, -0.05) is 0 Å². The van der Waals surface area contributed by atoms with Gasteiger partial charge in [0.1, 0.15) is 17.4 Å². The van der Waals surface area contributed by atoms with Crippen LogP contribution in [0.2, 0.25) is 0 Å². The first-order valence-electron chi connectivity index (χ1n) is 11.4. The molecule has 1 aromatic carbocycles. The molecule has 0 aliphatic carbocycles. The number of aromatic nitrogens is 1. The maximum Gasteiger partial charge on any atom is 0.224 e. The molecule has 1 amide bonds. The molecule has 0 unspecified atom stereocenters. The van der Waals surface area contributed by atoms with Crippen molar-refractivity contribution in [2.45, 2.75) is 6.92 Å². The summed E-state index contributed by atoms with van der Waals surface area (Å²) in [5, 5.41) is 4.01. The van der Waals surface area contributed by atoms with Gasteiger partial charge in [-0.3, -0.25) is 4.79 Å². The van der Waals surface area contributed by atoms with E-state index in [0.29, 0.717) is 12.0 Å². The van der Waals surface area contributed by atoms with E-state index in [-0.39, 0.29) is 5.91 Å². The average Bonchev–Trinajstić information content (AvgIpc) is 3.19. The first-order chi connectivity index (χ1) is 15.9. The van der Waals surface area contributed by atoms with Crippen molar-refractivity contribution >= 4 is 38.1 Å². The normalized spacial score (nSPS) is 17.2. The third-order valence-electron chi connectivity index (χ3n) is 6.62. The first-order valence-corrected chi connectivity index (χ1v) is 12.2. The summed E-state index contributed by atoms with van der Waals surface area (Å²) in [5.41, 5.74) is 4.60. The fourth-order valence-electron chi connectivity index (χ4n) is 4.92. The Morgan fingerprint density at radius 2 is 1.94 bits per heavy atom. The zero-order valence-corrected chi connectivity index (χ0v) is 20.5. The summed E-state index contributed by atoms with van der Waals surface area (Å²) >= 11 is 1.65. The van der Waals surface area contributed by atoms with E-state index in [1.807, 2.05) is 32.3 Å². The number of likely N-dealkylation sites (N-methyl/N-ethyl adjacent to an activating group) is 1. The van der Waals surface area contributed by atoms with Crippen molar-refractivity contribution < 1.29 is 9.53 Å². The number of ether oxygens (including phenoxy) is 1. The highest BCUT2D eigenvalue weighted by Crippen LogP contribution is 2.46. The van der Waals surface area contributed by atoms with Gasteiger partial charge in [-0.15, -0.1) is 11.3 Å². The zero-order valence-electron chi connectivity index (χ0n) is 19.7. The van der Waals surface area contributed by atoms with Gasteiger partial charge >= 0.3 is 0 Å². The molecule has 3 aromatic rings. The Hall–Kier alpha value is -2.68. The van der Waals surface area contributed by atoms with Crippen molar-refractivity contribution in [1.29, 1.82) is 0 Å². The summed E-state index contributed by atoms with van der Waals surface area (Å²) in [6, 6.07) is 12.4. The van der Waals surface area contributed by atoms with E-state index in [1.54, 1.807) is 23.2 Å². The topological polar surface area (TPSA) is 60.9 Å². The smallest absolute Gasteiger partial charge is 0.224 e. The number of anilines is 2. The van der Waals surface area contributed by atoms with Crippen LogP contribution in [-0.4, -0.2) is 76.3 Å². The molecule has 2 fully saturated rings. The lowest BCUT2D eigenvalue weighted by molar-refractivity contribution is -0.116. The van der Waals surface area contributed by atoms with Crippen LogP contribution in [-0.2, 0) is 4.79 Å². The highest BCUT2D eigenvalue weighted by atomic mass is 32.1. The van der Waals surface area contributed by atoms with Crippen LogP contribution in [0.1, 0.15) is 6.92 Å². The van der Waals surface area contributed by atoms with Crippen LogP contribution < -0.4 is 19.9 Å². The van der Waals surface area contributed by atoms with E-state index < -0.39 is 0 Å². The van der Waals surface area contributed by atoms with Gasteiger partial charge in [0.05, 0.1) is 21.6 Å². The number of thiophene rings is 1. The second-order valence-corrected chi connectivity index (χ2v) is 10.4. The van der Waals surface area contributed by atoms with E-state index in [2.05, 4.69) is 40.4 Å². The van der Waals surface area contributed by atoms with E-state index in [4.69, 9.17) is 9.72 Å². The van der Waals surface area contributed by atoms with Crippen LogP contribution in [0.15, 0.2) is 36.4 Å². The largest absolute Gasteiger partial charge is 0.492 e. The number of nitrogens with zero attached hydrogens (tertiary/aromatic N) is 4. The number of amides is 1. The molecule has 7 nitrogen and oxygen atoms in total. The van der Waals surface area contributed by atoms with E-state index in [0.717, 1.165) is 51.9 Å². The summed E-state index contributed by atoms with van der Waals surface area (Å²) in [5.74, 6) is 0.882. The fourth-order valence-corrected chi connectivity index (χ4v) is 6.07. The van der Waals surface area contributed by atoms with Crippen molar-refractivity contribution in [2.75, 3.05) is 70.3 Å².